The standard InChI is InChI=1S/C11H6BrF3N2O2/c12-8-5-17(16-9(8)10(18)19)7-3-1-6(2-4-7)11(13,14)15/h1-5H,(H,18,19). The van der Waals surface area contributed by atoms with Crippen LogP contribution in [0.1, 0.15) is 16.1 Å². The summed E-state index contributed by atoms with van der Waals surface area (Å²) in [6.07, 6.45) is -3.04. The maximum absolute atomic E-state index is 12.4. The first-order chi connectivity index (χ1) is 8.79. The molecular weight excluding hydrogens is 329 g/mol. The zero-order chi connectivity index (χ0) is 14.2. The van der Waals surface area contributed by atoms with E-state index in [1.165, 1.54) is 23.0 Å². The van der Waals surface area contributed by atoms with Gasteiger partial charge in [0, 0.05) is 6.20 Å². The van der Waals surface area contributed by atoms with Crippen LogP contribution in [0.25, 0.3) is 5.69 Å². The minimum atomic E-state index is -4.41. The second-order valence-corrected chi connectivity index (χ2v) is 4.47. The van der Waals surface area contributed by atoms with Gasteiger partial charge in [0.1, 0.15) is 0 Å². The zero-order valence-electron chi connectivity index (χ0n) is 9.15. The van der Waals surface area contributed by atoms with E-state index in [-0.39, 0.29) is 10.2 Å². The summed E-state index contributed by atoms with van der Waals surface area (Å²) in [5.41, 5.74) is -0.651. The highest BCUT2D eigenvalue weighted by atomic mass is 79.9. The predicted molar refractivity (Wildman–Crippen MR) is 63.2 cm³/mol. The number of benzene rings is 1. The van der Waals surface area contributed by atoms with Crippen LogP contribution < -0.4 is 0 Å². The summed E-state index contributed by atoms with van der Waals surface area (Å²) < 4.78 is 38.6. The molecule has 0 aliphatic heterocycles. The molecule has 8 heteroatoms. The van der Waals surface area contributed by atoms with E-state index in [1.54, 1.807) is 0 Å². The van der Waals surface area contributed by atoms with Crippen molar-refractivity contribution in [3.05, 3.63) is 46.2 Å². The van der Waals surface area contributed by atoms with Crippen molar-refractivity contribution in [2.75, 3.05) is 0 Å². The fraction of sp³-hybridized carbons (Fsp3) is 0.0909. The number of carbonyl (C=O) groups is 1. The third-order valence-corrected chi connectivity index (χ3v) is 2.91. The van der Waals surface area contributed by atoms with E-state index in [9.17, 15) is 18.0 Å². The van der Waals surface area contributed by atoms with Crippen LogP contribution in [0.15, 0.2) is 34.9 Å². The van der Waals surface area contributed by atoms with Gasteiger partial charge < -0.3 is 5.11 Å². The third-order valence-electron chi connectivity index (χ3n) is 2.33. The zero-order valence-corrected chi connectivity index (χ0v) is 10.7. The van der Waals surface area contributed by atoms with E-state index in [2.05, 4.69) is 21.0 Å². The number of halogens is 4. The van der Waals surface area contributed by atoms with Gasteiger partial charge in [-0.3, -0.25) is 0 Å². The molecule has 0 unspecified atom stereocenters. The molecule has 1 heterocycles. The Morgan fingerprint density at radius 1 is 1.26 bits per heavy atom. The first-order valence-corrected chi connectivity index (χ1v) is 5.74. The average Bonchev–Trinajstić information content (AvgIpc) is 2.70. The van der Waals surface area contributed by atoms with Gasteiger partial charge in [-0.1, -0.05) is 0 Å². The van der Waals surface area contributed by atoms with Crippen molar-refractivity contribution in [3.8, 4) is 5.69 Å². The SMILES string of the molecule is O=C(O)c1nn(-c2ccc(C(F)(F)F)cc2)cc1Br. The molecule has 1 N–H and O–H groups in total. The van der Waals surface area contributed by atoms with Gasteiger partial charge in [-0.15, -0.1) is 0 Å². The fourth-order valence-electron chi connectivity index (χ4n) is 1.43. The molecule has 4 nitrogen and oxygen atoms in total. The molecule has 0 spiro atoms. The summed E-state index contributed by atoms with van der Waals surface area (Å²) in [6.45, 7) is 0. The molecule has 19 heavy (non-hydrogen) atoms. The number of rotatable bonds is 2. The molecule has 0 atom stereocenters. The number of carboxylic acid groups (broad SMARTS) is 1. The molecule has 0 fully saturated rings. The fourth-order valence-corrected chi connectivity index (χ4v) is 1.88. The number of carboxylic acids is 1. The highest BCUT2D eigenvalue weighted by molar-refractivity contribution is 9.10. The van der Waals surface area contributed by atoms with Crippen molar-refractivity contribution < 1.29 is 23.1 Å². The number of nitrogens with zero attached hydrogens (tertiary/aromatic N) is 2. The number of aromatic nitrogens is 2. The highest BCUT2D eigenvalue weighted by Crippen LogP contribution is 2.29. The highest BCUT2D eigenvalue weighted by Gasteiger charge is 2.30. The van der Waals surface area contributed by atoms with Crippen molar-refractivity contribution in [1.29, 1.82) is 0 Å². The lowest BCUT2D eigenvalue weighted by Crippen LogP contribution is -2.05. The van der Waals surface area contributed by atoms with Crippen LogP contribution in [-0.4, -0.2) is 20.9 Å². The van der Waals surface area contributed by atoms with E-state index < -0.39 is 17.7 Å². The number of hydrogen-bond acceptors (Lipinski definition) is 2. The van der Waals surface area contributed by atoms with Crippen molar-refractivity contribution in [2.45, 2.75) is 6.18 Å². The Kier molecular flexibility index (Phi) is 3.36. The Labute approximate surface area is 113 Å². The summed E-state index contributed by atoms with van der Waals surface area (Å²) in [7, 11) is 0. The normalized spacial score (nSPS) is 11.6. The topological polar surface area (TPSA) is 55.1 Å². The Morgan fingerprint density at radius 2 is 1.84 bits per heavy atom. The number of aromatic carboxylic acids is 1. The molecule has 0 amide bonds. The first kappa shape index (κ1) is 13.6. The van der Waals surface area contributed by atoms with Crippen LogP contribution in [0.5, 0.6) is 0 Å². The van der Waals surface area contributed by atoms with Gasteiger partial charge in [0.2, 0.25) is 0 Å². The smallest absolute Gasteiger partial charge is 0.416 e. The van der Waals surface area contributed by atoms with Crippen molar-refractivity contribution in [1.82, 2.24) is 9.78 Å². The maximum Gasteiger partial charge on any atom is 0.416 e. The average molecular weight is 335 g/mol. The summed E-state index contributed by atoms with van der Waals surface area (Å²) in [5.74, 6) is -1.22. The summed E-state index contributed by atoms with van der Waals surface area (Å²) in [5, 5.41) is 12.6. The van der Waals surface area contributed by atoms with Crippen LogP contribution in [0, 0.1) is 0 Å². The third kappa shape index (κ3) is 2.78. The molecule has 2 rings (SSSR count). The van der Waals surface area contributed by atoms with Crippen molar-refractivity contribution in [3.63, 3.8) is 0 Å². The lowest BCUT2D eigenvalue weighted by Gasteiger charge is -2.07. The summed E-state index contributed by atoms with van der Waals surface area (Å²) in [6, 6.07) is 4.25. The molecule has 0 saturated heterocycles. The Morgan fingerprint density at radius 3 is 2.26 bits per heavy atom. The minimum Gasteiger partial charge on any atom is -0.476 e. The Balaban J connectivity index is 2.38. The van der Waals surface area contributed by atoms with E-state index in [1.807, 2.05) is 0 Å². The molecule has 100 valence electrons. The van der Waals surface area contributed by atoms with Gasteiger partial charge >= 0.3 is 12.1 Å². The largest absolute Gasteiger partial charge is 0.476 e. The number of alkyl halides is 3. The minimum absolute atomic E-state index is 0.208. The van der Waals surface area contributed by atoms with Gasteiger partial charge in [-0.2, -0.15) is 18.3 Å². The van der Waals surface area contributed by atoms with Crippen LogP contribution in [0.4, 0.5) is 13.2 Å². The van der Waals surface area contributed by atoms with E-state index in [0.29, 0.717) is 5.69 Å². The second-order valence-electron chi connectivity index (χ2n) is 3.62. The van der Waals surface area contributed by atoms with Gasteiger partial charge in [0.25, 0.3) is 0 Å². The lowest BCUT2D eigenvalue weighted by molar-refractivity contribution is -0.137. The quantitative estimate of drug-likeness (QED) is 0.916. The van der Waals surface area contributed by atoms with Gasteiger partial charge in [-0.05, 0) is 40.2 Å². The Hall–Kier alpha value is -1.83. The van der Waals surface area contributed by atoms with E-state index in [4.69, 9.17) is 5.11 Å². The van der Waals surface area contributed by atoms with Crippen LogP contribution in [0.2, 0.25) is 0 Å². The van der Waals surface area contributed by atoms with E-state index in [0.717, 1.165) is 12.1 Å². The van der Waals surface area contributed by atoms with Gasteiger partial charge in [-0.25, -0.2) is 9.48 Å². The summed E-state index contributed by atoms with van der Waals surface area (Å²) >= 11 is 3.02. The summed E-state index contributed by atoms with van der Waals surface area (Å²) in [4.78, 5) is 10.8. The molecule has 2 aromatic rings. The van der Waals surface area contributed by atoms with Crippen molar-refractivity contribution >= 4 is 21.9 Å². The van der Waals surface area contributed by atoms with Gasteiger partial charge in [0.05, 0.1) is 15.7 Å². The molecule has 1 aromatic carbocycles. The second kappa shape index (κ2) is 4.69. The predicted octanol–water partition coefficient (Wildman–Crippen LogP) is 3.35. The van der Waals surface area contributed by atoms with Crippen LogP contribution in [0.3, 0.4) is 0 Å². The van der Waals surface area contributed by atoms with Crippen LogP contribution >= 0.6 is 15.9 Å². The Bertz CT molecular complexity index is 620. The maximum atomic E-state index is 12.4. The molecule has 0 bridgehead atoms. The number of hydrogen-bond donors (Lipinski definition) is 1. The molecule has 0 aliphatic rings. The van der Waals surface area contributed by atoms with Crippen molar-refractivity contribution in [2.24, 2.45) is 0 Å². The van der Waals surface area contributed by atoms with Gasteiger partial charge in [0.15, 0.2) is 5.69 Å². The van der Waals surface area contributed by atoms with Crippen LogP contribution in [-0.2, 0) is 6.18 Å². The molecule has 0 saturated carbocycles. The lowest BCUT2D eigenvalue weighted by atomic mass is 10.2. The molecule has 1 aromatic heterocycles. The molecular formula is C11H6BrF3N2O2. The van der Waals surface area contributed by atoms with E-state index >= 15 is 0 Å². The molecule has 0 radical (unpaired) electrons. The molecule has 0 aliphatic carbocycles. The first-order valence-electron chi connectivity index (χ1n) is 4.95. The monoisotopic (exact) mass is 334 g/mol.